The molecule has 11 heteroatoms. The van der Waals surface area contributed by atoms with Gasteiger partial charge in [-0.15, -0.1) is 0 Å². The van der Waals surface area contributed by atoms with E-state index in [1.165, 1.54) is 12.4 Å². The van der Waals surface area contributed by atoms with E-state index < -0.39 is 23.4 Å². The van der Waals surface area contributed by atoms with Gasteiger partial charge in [0, 0.05) is 62.8 Å². The van der Waals surface area contributed by atoms with Crippen LogP contribution in [0.2, 0.25) is 0 Å². The second-order valence-electron chi connectivity index (χ2n) is 8.06. The molecule has 0 saturated heterocycles. The number of carbonyl (C=O) groups is 4. The van der Waals surface area contributed by atoms with Crippen molar-refractivity contribution in [3.8, 4) is 0 Å². The molecule has 186 valence electrons. The minimum absolute atomic E-state index is 0.278. The zero-order chi connectivity index (χ0) is 25.7. The highest BCUT2D eigenvalue weighted by molar-refractivity contribution is 9.10. The van der Waals surface area contributed by atoms with Gasteiger partial charge in [0.05, 0.1) is 11.1 Å². The first-order valence-corrected chi connectivity index (χ1v) is 12.8. The van der Waals surface area contributed by atoms with Gasteiger partial charge in [-0.2, -0.15) is 0 Å². The molecule has 0 bridgehead atoms. The average molecular weight is 617 g/mol. The summed E-state index contributed by atoms with van der Waals surface area (Å²) in [5, 5.41) is 9.75. The molecule has 2 amide bonds. The molecule has 0 aliphatic carbocycles. The largest absolute Gasteiger partial charge is 0.360 e. The van der Waals surface area contributed by atoms with Gasteiger partial charge in [0.1, 0.15) is 0 Å². The van der Waals surface area contributed by atoms with Crippen molar-refractivity contribution in [2.24, 2.45) is 0 Å². The summed E-state index contributed by atoms with van der Waals surface area (Å²) in [7, 11) is 0. The zero-order valence-electron chi connectivity index (χ0n) is 19.0. The van der Waals surface area contributed by atoms with Crippen molar-refractivity contribution in [1.29, 1.82) is 0 Å². The van der Waals surface area contributed by atoms with E-state index in [-0.39, 0.29) is 6.54 Å². The van der Waals surface area contributed by atoms with Crippen molar-refractivity contribution >= 4 is 77.0 Å². The van der Waals surface area contributed by atoms with E-state index >= 15 is 0 Å². The Labute approximate surface area is 223 Å². The van der Waals surface area contributed by atoms with Crippen LogP contribution in [0.3, 0.4) is 0 Å². The molecule has 2 heterocycles. The minimum atomic E-state index is -0.670. The summed E-state index contributed by atoms with van der Waals surface area (Å²) >= 11 is 6.75. The molecule has 4 rings (SSSR count). The number of H-pyrrole nitrogens is 2. The second kappa shape index (κ2) is 11.6. The van der Waals surface area contributed by atoms with E-state index in [1.807, 2.05) is 24.3 Å². The van der Waals surface area contributed by atoms with Gasteiger partial charge in [0.15, 0.2) is 0 Å². The lowest BCUT2D eigenvalue weighted by molar-refractivity contribution is -0.117. The highest BCUT2D eigenvalue weighted by Crippen LogP contribution is 2.23. The standard InChI is InChI=1S/C25H23Br2N5O4/c26-14-2-4-16-18(12-31-20(16)10-14)22(33)24(35)29-7-1-6-28-8-9-30-25(36)23(34)19-13-32-21-11-15(27)3-5-17(19)21/h2-5,10-13,28,31-32H,1,6-9H2,(H,29,35)(H,30,36). The number of nitrogens with one attached hydrogen (secondary N) is 5. The number of aromatic amines is 2. The summed E-state index contributed by atoms with van der Waals surface area (Å²) in [4.78, 5) is 55.4. The number of Topliss-reactive ketones (excluding diaryl/α,β-unsaturated/α-hetero) is 2. The summed E-state index contributed by atoms with van der Waals surface area (Å²) in [6.07, 6.45) is 3.67. The smallest absolute Gasteiger partial charge is 0.292 e. The Balaban J connectivity index is 1.12. The Morgan fingerprint density at radius 2 is 1.17 bits per heavy atom. The van der Waals surface area contributed by atoms with Crippen molar-refractivity contribution in [1.82, 2.24) is 25.9 Å². The fourth-order valence-corrected chi connectivity index (χ4v) is 4.50. The van der Waals surface area contributed by atoms with Crippen LogP contribution < -0.4 is 16.0 Å². The molecule has 4 aromatic rings. The summed E-state index contributed by atoms with van der Waals surface area (Å²) < 4.78 is 1.75. The second-order valence-corrected chi connectivity index (χ2v) is 9.89. The highest BCUT2D eigenvalue weighted by atomic mass is 79.9. The average Bonchev–Trinajstić information content (AvgIpc) is 3.47. The van der Waals surface area contributed by atoms with Crippen LogP contribution in [0.1, 0.15) is 27.1 Å². The first-order chi connectivity index (χ1) is 17.3. The summed E-state index contributed by atoms with van der Waals surface area (Å²) in [6, 6.07) is 10.9. The van der Waals surface area contributed by atoms with Crippen molar-refractivity contribution in [3.05, 3.63) is 68.9 Å². The van der Waals surface area contributed by atoms with Gasteiger partial charge in [-0.25, -0.2) is 0 Å². The maximum Gasteiger partial charge on any atom is 0.292 e. The molecular formula is C25H23Br2N5O4. The maximum absolute atomic E-state index is 12.5. The molecule has 5 N–H and O–H groups in total. The Hall–Kier alpha value is -3.28. The van der Waals surface area contributed by atoms with Gasteiger partial charge >= 0.3 is 0 Å². The van der Waals surface area contributed by atoms with Gasteiger partial charge in [-0.1, -0.05) is 44.0 Å². The molecule has 2 aromatic heterocycles. The van der Waals surface area contributed by atoms with Gasteiger partial charge in [0.2, 0.25) is 0 Å². The van der Waals surface area contributed by atoms with Crippen LogP contribution in [0.25, 0.3) is 21.8 Å². The molecule has 0 saturated carbocycles. The van der Waals surface area contributed by atoms with E-state index in [1.54, 1.807) is 12.1 Å². The first-order valence-electron chi connectivity index (χ1n) is 11.2. The molecule has 36 heavy (non-hydrogen) atoms. The van der Waals surface area contributed by atoms with Crippen LogP contribution in [-0.4, -0.2) is 59.5 Å². The van der Waals surface area contributed by atoms with E-state index in [0.29, 0.717) is 48.0 Å². The Bertz CT molecular complexity index is 1350. The number of halogens is 2. The van der Waals surface area contributed by atoms with Gasteiger partial charge in [-0.05, 0) is 37.2 Å². The topological polar surface area (TPSA) is 136 Å². The molecule has 0 unspecified atom stereocenters. The fourth-order valence-electron chi connectivity index (χ4n) is 3.78. The monoisotopic (exact) mass is 615 g/mol. The number of carbonyl (C=O) groups excluding carboxylic acids is 4. The third-order valence-corrected chi connectivity index (χ3v) is 6.58. The van der Waals surface area contributed by atoms with Gasteiger partial charge in [0.25, 0.3) is 23.4 Å². The van der Waals surface area contributed by atoms with Crippen molar-refractivity contribution in [2.45, 2.75) is 6.42 Å². The molecule has 0 radical (unpaired) electrons. The molecule has 0 spiro atoms. The van der Waals surface area contributed by atoms with Gasteiger partial charge < -0.3 is 25.9 Å². The van der Waals surface area contributed by atoms with Crippen LogP contribution in [-0.2, 0) is 9.59 Å². The predicted octanol–water partition coefficient (Wildman–Crippen LogP) is 3.45. The summed E-state index contributed by atoms with van der Waals surface area (Å²) in [5.41, 5.74) is 2.20. The van der Waals surface area contributed by atoms with E-state index in [4.69, 9.17) is 0 Å². The fraction of sp³-hybridized carbons (Fsp3) is 0.200. The molecular weight excluding hydrogens is 594 g/mol. The Morgan fingerprint density at radius 1 is 0.667 bits per heavy atom. The molecule has 0 aliphatic rings. The third-order valence-electron chi connectivity index (χ3n) is 5.59. The third kappa shape index (κ3) is 5.92. The number of fused-ring (bicyclic) bond motifs is 2. The van der Waals surface area contributed by atoms with Crippen LogP contribution in [0.5, 0.6) is 0 Å². The van der Waals surface area contributed by atoms with Crippen molar-refractivity contribution in [2.75, 3.05) is 26.2 Å². The predicted molar refractivity (Wildman–Crippen MR) is 144 cm³/mol. The number of ketones is 2. The minimum Gasteiger partial charge on any atom is -0.360 e. The van der Waals surface area contributed by atoms with E-state index in [0.717, 1.165) is 20.0 Å². The number of amides is 2. The van der Waals surface area contributed by atoms with E-state index in [2.05, 4.69) is 57.8 Å². The zero-order valence-corrected chi connectivity index (χ0v) is 22.2. The quantitative estimate of drug-likeness (QED) is 0.0999. The normalized spacial score (nSPS) is 11.1. The maximum atomic E-state index is 12.5. The number of rotatable bonds is 11. The number of aromatic nitrogens is 2. The SMILES string of the molecule is O=C(NCCCNCCNC(=O)C(=O)c1c[nH]c2cc(Br)ccc12)C(=O)c1c[nH]c2cc(Br)ccc12. The first kappa shape index (κ1) is 25.8. The van der Waals surface area contributed by atoms with Crippen LogP contribution in [0, 0.1) is 0 Å². The van der Waals surface area contributed by atoms with Crippen LogP contribution in [0.4, 0.5) is 0 Å². The molecule has 2 aromatic carbocycles. The number of benzene rings is 2. The Morgan fingerprint density at radius 3 is 1.69 bits per heavy atom. The molecule has 9 nitrogen and oxygen atoms in total. The van der Waals surface area contributed by atoms with E-state index in [9.17, 15) is 19.2 Å². The molecule has 0 atom stereocenters. The Kier molecular flexibility index (Phi) is 8.34. The van der Waals surface area contributed by atoms with Crippen molar-refractivity contribution in [3.63, 3.8) is 0 Å². The lowest BCUT2D eigenvalue weighted by Gasteiger charge is -2.07. The van der Waals surface area contributed by atoms with Crippen molar-refractivity contribution < 1.29 is 19.2 Å². The molecule has 0 fully saturated rings. The lowest BCUT2D eigenvalue weighted by Crippen LogP contribution is -2.37. The van der Waals surface area contributed by atoms with Crippen LogP contribution >= 0.6 is 31.9 Å². The molecule has 0 aliphatic heterocycles. The lowest BCUT2D eigenvalue weighted by atomic mass is 10.1. The summed E-state index contributed by atoms with van der Waals surface area (Å²) in [6.45, 7) is 1.63. The van der Waals surface area contributed by atoms with Crippen LogP contribution in [0.15, 0.2) is 57.7 Å². The highest BCUT2D eigenvalue weighted by Gasteiger charge is 2.20. The number of hydrogen-bond acceptors (Lipinski definition) is 5. The van der Waals surface area contributed by atoms with Gasteiger partial charge in [-0.3, -0.25) is 19.2 Å². The number of hydrogen-bond donors (Lipinski definition) is 5. The summed E-state index contributed by atoms with van der Waals surface area (Å²) in [5.74, 6) is -2.52.